The molecule has 0 spiro atoms. The van der Waals surface area contributed by atoms with Crippen LogP contribution in [0.15, 0.2) is 127 Å². The van der Waals surface area contributed by atoms with Crippen LogP contribution in [0.1, 0.15) is 39.2 Å². The molecule has 10 heteroatoms. The van der Waals surface area contributed by atoms with Crippen LogP contribution in [0.5, 0.6) is 5.75 Å². The standard InChI is InChI=1S/C43H48N2O6SSi/c1-7-26-43-39-27-37(46)36(28-44(39)31-20-22-32(50-6)23-21-31)40(43)38(29-45(41(43)47)52(48,49)33-24-18-30(2)19-25-33)51-53(42(3,4)5,34-14-10-8-11-15-34)35-16-12-9-13-17-35/h7-25,36,38-40H,1,26-29H2,2-6H3/t36-,38+,39+,40-,43-/m1/s1. The van der Waals surface area contributed by atoms with Gasteiger partial charge in [-0.1, -0.05) is 105 Å². The largest absolute Gasteiger partial charge is 0.497 e. The number of nitrogens with zero attached hydrogens (tertiary/aromatic N) is 2. The summed E-state index contributed by atoms with van der Waals surface area (Å²) in [5.74, 6) is -0.930. The Morgan fingerprint density at radius 1 is 0.868 bits per heavy atom. The van der Waals surface area contributed by atoms with Crippen molar-refractivity contribution in [1.82, 2.24) is 4.31 Å². The summed E-state index contributed by atoms with van der Waals surface area (Å²) >= 11 is 0. The van der Waals surface area contributed by atoms with E-state index in [1.165, 1.54) is 0 Å². The summed E-state index contributed by atoms with van der Waals surface area (Å²) in [5.41, 5.74) is 0.416. The maximum absolute atomic E-state index is 15.5. The molecular weight excluding hydrogens is 701 g/mol. The zero-order chi connectivity index (χ0) is 37.8. The molecule has 1 amide bonds. The zero-order valence-corrected chi connectivity index (χ0v) is 32.9. The zero-order valence-electron chi connectivity index (χ0n) is 31.1. The molecule has 2 bridgehead atoms. The van der Waals surface area contributed by atoms with Crippen LogP contribution >= 0.6 is 0 Å². The van der Waals surface area contributed by atoms with Gasteiger partial charge in [0.2, 0.25) is 5.91 Å². The number of methoxy groups -OCH3 is 1. The van der Waals surface area contributed by atoms with Crippen molar-refractivity contribution in [1.29, 1.82) is 0 Å². The van der Waals surface area contributed by atoms with Crippen molar-refractivity contribution >= 4 is 46.1 Å². The van der Waals surface area contributed by atoms with Gasteiger partial charge in [-0.25, -0.2) is 12.7 Å². The number of ether oxygens (including phenoxy) is 1. The van der Waals surface area contributed by atoms with Gasteiger partial charge in [0, 0.05) is 30.5 Å². The highest BCUT2D eigenvalue weighted by atomic mass is 32.2. The first-order valence-electron chi connectivity index (χ1n) is 18.3. The summed E-state index contributed by atoms with van der Waals surface area (Å²) in [5, 5.41) is 1.63. The number of allylic oxidation sites excluding steroid dienone is 1. The van der Waals surface area contributed by atoms with Crippen LogP contribution in [-0.4, -0.2) is 65.1 Å². The number of Topliss-reactive ketones (excluding diaryl/α,β-unsaturated/α-hetero) is 1. The third-order valence-electron chi connectivity index (χ3n) is 11.8. The van der Waals surface area contributed by atoms with Gasteiger partial charge in [-0.15, -0.1) is 6.58 Å². The highest BCUT2D eigenvalue weighted by Crippen LogP contribution is 2.59. The SMILES string of the molecule is C=CC[C@]12C(=O)N(S(=O)(=O)c3ccc(C)cc3)C[C@H](O[Si](c3ccccc3)(c3ccccc3)C(C)(C)C)[C@H]1[C@@H]1CN(c3ccc(OC)cc3)[C@H]2CC1=O. The number of benzene rings is 4. The van der Waals surface area contributed by atoms with Crippen LogP contribution in [0.4, 0.5) is 5.69 Å². The number of carbonyl (C=O) groups excluding carboxylic acids is 2. The maximum atomic E-state index is 15.5. The van der Waals surface area contributed by atoms with Crippen molar-refractivity contribution in [2.75, 3.05) is 25.1 Å². The van der Waals surface area contributed by atoms with Crippen molar-refractivity contribution in [3.63, 3.8) is 0 Å². The van der Waals surface area contributed by atoms with E-state index in [-0.39, 0.29) is 30.1 Å². The molecule has 0 N–H and O–H groups in total. The Morgan fingerprint density at radius 2 is 1.45 bits per heavy atom. The van der Waals surface area contributed by atoms with Crippen LogP contribution in [0.3, 0.4) is 0 Å². The Kier molecular flexibility index (Phi) is 9.53. The van der Waals surface area contributed by atoms with Gasteiger partial charge < -0.3 is 14.1 Å². The lowest BCUT2D eigenvalue weighted by Gasteiger charge is -2.65. The van der Waals surface area contributed by atoms with Crippen molar-refractivity contribution in [3.8, 4) is 5.75 Å². The number of aryl methyl sites for hydroxylation is 1. The summed E-state index contributed by atoms with van der Waals surface area (Å²) in [6, 6.07) is 33.9. The molecule has 3 aliphatic heterocycles. The Bertz CT molecular complexity index is 2060. The van der Waals surface area contributed by atoms with Gasteiger partial charge >= 0.3 is 0 Å². The first-order valence-corrected chi connectivity index (χ1v) is 21.6. The second-order valence-electron chi connectivity index (χ2n) is 15.7. The molecule has 0 unspecified atom stereocenters. The molecule has 4 aromatic carbocycles. The molecule has 276 valence electrons. The van der Waals surface area contributed by atoms with E-state index in [1.807, 2.05) is 67.6 Å². The van der Waals surface area contributed by atoms with Gasteiger partial charge in [-0.05, 0) is 65.2 Å². The lowest BCUT2D eigenvalue weighted by atomic mass is 9.50. The molecular formula is C43H48N2O6SSi. The number of rotatable bonds is 10. The van der Waals surface area contributed by atoms with Crippen LogP contribution in [-0.2, 0) is 24.0 Å². The van der Waals surface area contributed by atoms with Gasteiger partial charge in [-0.2, -0.15) is 0 Å². The lowest BCUT2D eigenvalue weighted by Crippen LogP contribution is -2.79. The average Bonchev–Trinajstić information content (AvgIpc) is 3.15. The summed E-state index contributed by atoms with van der Waals surface area (Å²) in [7, 11) is -6.04. The predicted octanol–water partition coefficient (Wildman–Crippen LogP) is 6.14. The van der Waals surface area contributed by atoms with Gasteiger partial charge in [0.15, 0.2) is 0 Å². The number of carbonyl (C=O) groups is 2. The van der Waals surface area contributed by atoms with E-state index in [1.54, 1.807) is 37.5 Å². The minimum absolute atomic E-state index is 0.0388. The second-order valence-corrected chi connectivity index (χ2v) is 21.8. The molecule has 3 saturated heterocycles. The van der Waals surface area contributed by atoms with E-state index in [2.05, 4.69) is 56.5 Å². The van der Waals surface area contributed by atoms with Crippen LogP contribution in [0.25, 0.3) is 0 Å². The summed E-state index contributed by atoms with van der Waals surface area (Å²) in [6.07, 6.45) is 1.20. The fourth-order valence-electron chi connectivity index (χ4n) is 9.45. The molecule has 3 heterocycles. The monoisotopic (exact) mass is 748 g/mol. The maximum Gasteiger partial charge on any atom is 0.266 e. The number of fused-ring (bicyclic) bond motifs is 2. The minimum Gasteiger partial charge on any atom is -0.497 e. The summed E-state index contributed by atoms with van der Waals surface area (Å²) in [4.78, 5) is 31.9. The molecule has 0 aromatic heterocycles. The van der Waals surface area contributed by atoms with Gasteiger partial charge in [-0.3, -0.25) is 9.59 Å². The van der Waals surface area contributed by atoms with Crippen molar-refractivity contribution < 1.29 is 27.2 Å². The molecule has 8 rings (SSSR count). The quantitative estimate of drug-likeness (QED) is 0.142. The van der Waals surface area contributed by atoms with Crippen molar-refractivity contribution in [3.05, 3.63) is 127 Å². The van der Waals surface area contributed by atoms with E-state index in [0.717, 1.165) is 25.9 Å². The van der Waals surface area contributed by atoms with E-state index < -0.39 is 58.7 Å². The fourth-order valence-corrected chi connectivity index (χ4v) is 15.6. The third-order valence-corrected chi connectivity index (χ3v) is 18.6. The Hall–Kier alpha value is -4.51. The molecule has 4 aromatic rings. The number of hydrogen-bond donors (Lipinski definition) is 0. The number of amides is 1. The Morgan fingerprint density at radius 3 is 1.98 bits per heavy atom. The van der Waals surface area contributed by atoms with Crippen molar-refractivity contribution in [2.24, 2.45) is 17.3 Å². The van der Waals surface area contributed by atoms with Crippen LogP contribution in [0, 0.1) is 24.2 Å². The van der Waals surface area contributed by atoms with Gasteiger partial charge in [0.1, 0.15) is 11.5 Å². The average molecular weight is 749 g/mol. The first-order chi connectivity index (χ1) is 25.3. The number of ketones is 1. The smallest absolute Gasteiger partial charge is 0.266 e. The van der Waals surface area contributed by atoms with E-state index >= 15 is 4.79 Å². The van der Waals surface area contributed by atoms with Crippen LogP contribution < -0.4 is 20.0 Å². The van der Waals surface area contributed by atoms with Crippen molar-refractivity contribution in [2.45, 2.75) is 62.6 Å². The van der Waals surface area contributed by atoms with E-state index in [0.29, 0.717) is 12.3 Å². The van der Waals surface area contributed by atoms with Gasteiger partial charge in [0.25, 0.3) is 18.3 Å². The van der Waals surface area contributed by atoms with E-state index in [4.69, 9.17) is 9.16 Å². The normalized spacial score (nSPS) is 24.5. The first kappa shape index (κ1) is 36.8. The molecule has 1 saturated carbocycles. The molecule has 0 radical (unpaired) electrons. The van der Waals surface area contributed by atoms with E-state index in [9.17, 15) is 13.2 Å². The predicted molar refractivity (Wildman–Crippen MR) is 211 cm³/mol. The molecule has 4 aliphatic rings. The highest BCUT2D eigenvalue weighted by molar-refractivity contribution is 7.89. The Labute approximate surface area is 314 Å². The third kappa shape index (κ3) is 5.86. The molecule has 1 aliphatic carbocycles. The molecule has 4 fully saturated rings. The number of anilines is 1. The Balaban J connectivity index is 1.47. The minimum atomic E-state index is -4.34. The van der Waals surface area contributed by atoms with Gasteiger partial charge in [0.05, 0.1) is 36.1 Å². The number of piperidine rings is 3. The molecule has 5 atom stereocenters. The topological polar surface area (TPSA) is 93.2 Å². The lowest BCUT2D eigenvalue weighted by molar-refractivity contribution is -0.173. The number of hydrogen-bond acceptors (Lipinski definition) is 7. The van der Waals surface area contributed by atoms with Crippen LogP contribution in [0.2, 0.25) is 5.04 Å². The summed E-state index contributed by atoms with van der Waals surface area (Å²) < 4.78 is 43.9. The molecule has 8 nitrogen and oxygen atoms in total. The fraction of sp³-hybridized carbons (Fsp3) is 0.349. The number of sulfonamides is 1. The highest BCUT2D eigenvalue weighted by Gasteiger charge is 2.71. The summed E-state index contributed by atoms with van der Waals surface area (Å²) in [6.45, 7) is 12.7. The second kappa shape index (κ2) is 13.7. The molecule has 53 heavy (non-hydrogen) atoms.